The Labute approximate surface area is 137 Å². The van der Waals surface area contributed by atoms with E-state index < -0.39 is 17.5 Å². The lowest BCUT2D eigenvalue weighted by atomic mass is 10.0. The van der Waals surface area contributed by atoms with Crippen LogP contribution < -0.4 is 4.74 Å². The van der Waals surface area contributed by atoms with Crippen molar-refractivity contribution in [2.24, 2.45) is 0 Å². The predicted octanol–water partition coefficient (Wildman–Crippen LogP) is 4.49. The largest absolute Gasteiger partial charge is 0.504 e. The number of benzene rings is 1. The highest BCUT2D eigenvalue weighted by Crippen LogP contribution is 2.39. The summed E-state index contributed by atoms with van der Waals surface area (Å²) in [4.78, 5) is 11.4. The molecule has 5 heteroatoms. The third-order valence-electron chi connectivity index (χ3n) is 3.79. The molecule has 0 unspecified atom stereocenters. The lowest BCUT2D eigenvalue weighted by Gasteiger charge is -2.16. The number of phenolic OH excluding ortho intramolecular Hbond substituents is 1. The minimum atomic E-state index is -1.30. The molecule has 0 bridgehead atoms. The summed E-state index contributed by atoms with van der Waals surface area (Å²) in [5.74, 6) is -2.16. The van der Waals surface area contributed by atoms with Gasteiger partial charge in [0, 0.05) is 0 Å². The number of hydrogen-bond donors (Lipinski definition) is 3. The predicted molar refractivity (Wildman–Crippen MR) is 89.6 cm³/mol. The van der Waals surface area contributed by atoms with Crippen molar-refractivity contribution >= 4 is 5.97 Å². The van der Waals surface area contributed by atoms with E-state index in [4.69, 9.17) is 4.74 Å². The third kappa shape index (κ3) is 5.66. The van der Waals surface area contributed by atoms with Crippen LogP contribution in [0.15, 0.2) is 6.07 Å². The number of carboxylic acids is 1. The number of phenols is 2. The minimum Gasteiger partial charge on any atom is -0.504 e. The Kier molecular flexibility index (Phi) is 8.30. The fourth-order valence-corrected chi connectivity index (χ4v) is 2.57. The molecule has 0 fully saturated rings. The van der Waals surface area contributed by atoms with Gasteiger partial charge in [0.25, 0.3) is 0 Å². The summed E-state index contributed by atoms with van der Waals surface area (Å²) in [5.41, 5.74) is 0.269. The van der Waals surface area contributed by atoms with Crippen molar-refractivity contribution < 1.29 is 24.9 Å². The molecule has 0 radical (unpaired) electrons. The SMILES string of the molecule is CCCCCCCCOc1c(CCC)cc(O)c(O)c1C(=O)O. The van der Waals surface area contributed by atoms with Gasteiger partial charge in [0.15, 0.2) is 11.5 Å². The van der Waals surface area contributed by atoms with E-state index in [9.17, 15) is 20.1 Å². The molecule has 0 aromatic heterocycles. The Morgan fingerprint density at radius 1 is 1.04 bits per heavy atom. The van der Waals surface area contributed by atoms with Gasteiger partial charge in [0.2, 0.25) is 0 Å². The summed E-state index contributed by atoms with van der Waals surface area (Å²) in [7, 11) is 0. The van der Waals surface area contributed by atoms with Crippen molar-refractivity contribution in [3.8, 4) is 17.2 Å². The number of hydrogen-bond acceptors (Lipinski definition) is 4. The van der Waals surface area contributed by atoms with Crippen LogP contribution in [-0.2, 0) is 6.42 Å². The number of aromatic hydroxyl groups is 2. The summed E-state index contributed by atoms with van der Waals surface area (Å²) in [5, 5.41) is 28.8. The summed E-state index contributed by atoms with van der Waals surface area (Å²) in [6.45, 7) is 4.54. The second kappa shape index (κ2) is 9.98. The zero-order valence-corrected chi connectivity index (χ0v) is 14.1. The van der Waals surface area contributed by atoms with Crippen molar-refractivity contribution in [1.82, 2.24) is 0 Å². The van der Waals surface area contributed by atoms with Gasteiger partial charge < -0.3 is 20.1 Å². The Morgan fingerprint density at radius 2 is 1.70 bits per heavy atom. The van der Waals surface area contributed by atoms with Gasteiger partial charge in [0.05, 0.1) is 6.61 Å². The van der Waals surface area contributed by atoms with Gasteiger partial charge in [-0.1, -0.05) is 52.4 Å². The first kappa shape index (κ1) is 19.1. The second-order valence-electron chi connectivity index (χ2n) is 5.78. The average molecular weight is 324 g/mol. The molecule has 0 saturated carbocycles. The fraction of sp³-hybridized carbons (Fsp3) is 0.611. The van der Waals surface area contributed by atoms with E-state index in [2.05, 4.69) is 6.92 Å². The number of unbranched alkanes of at least 4 members (excludes halogenated alkanes) is 5. The first-order valence-corrected chi connectivity index (χ1v) is 8.46. The van der Waals surface area contributed by atoms with E-state index in [0.29, 0.717) is 18.6 Å². The molecule has 0 aliphatic rings. The second-order valence-corrected chi connectivity index (χ2v) is 5.78. The van der Waals surface area contributed by atoms with Crippen molar-refractivity contribution in [2.45, 2.75) is 65.2 Å². The molecule has 3 N–H and O–H groups in total. The fourth-order valence-electron chi connectivity index (χ4n) is 2.57. The van der Waals surface area contributed by atoms with Gasteiger partial charge >= 0.3 is 5.97 Å². The quantitative estimate of drug-likeness (QED) is 0.412. The Bertz CT molecular complexity index is 511. The monoisotopic (exact) mass is 324 g/mol. The van der Waals surface area contributed by atoms with E-state index >= 15 is 0 Å². The molecule has 130 valence electrons. The number of aryl methyl sites for hydroxylation is 1. The molecule has 0 aliphatic heterocycles. The molecular formula is C18H28O5. The van der Waals surface area contributed by atoms with Crippen molar-refractivity contribution in [3.63, 3.8) is 0 Å². The van der Waals surface area contributed by atoms with Gasteiger partial charge in [0.1, 0.15) is 11.3 Å². The Hall–Kier alpha value is -1.91. The number of rotatable bonds is 11. The first-order chi connectivity index (χ1) is 11.0. The van der Waals surface area contributed by atoms with Crippen LogP contribution in [0, 0.1) is 0 Å². The maximum absolute atomic E-state index is 11.4. The van der Waals surface area contributed by atoms with Gasteiger partial charge in [-0.05, 0) is 24.5 Å². The van der Waals surface area contributed by atoms with E-state index in [1.807, 2.05) is 6.92 Å². The van der Waals surface area contributed by atoms with Gasteiger partial charge in [-0.2, -0.15) is 0 Å². The molecule has 23 heavy (non-hydrogen) atoms. The maximum atomic E-state index is 11.4. The zero-order chi connectivity index (χ0) is 17.2. The lowest BCUT2D eigenvalue weighted by Crippen LogP contribution is -2.08. The zero-order valence-electron chi connectivity index (χ0n) is 14.1. The minimum absolute atomic E-state index is 0.184. The summed E-state index contributed by atoms with van der Waals surface area (Å²) in [6, 6.07) is 1.39. The van der Waals surface area contributed by atoms with Crippen LogP contribution in [0.1, 0.15) is 74.7 Å². The maximum Gasteiger partial charge on any atom is 0.343 e. The number of ether oxygens (including phenoxy) is 1. The van der Waals surface area contributed by atoms with Crippen LogP contribution in [-0.4, -0.2) is 27.9 Å². The third-order valence-corrected chi connectivity index (χ3v) is 3.79. The molecule has 0 spiro atoms. The van der Waals surface area contributed by atoms with Crippen LogP contribution in [0.5, 0.6) is 17.2 Å². The Morgan fingerprint density at radius 3 is 2.30 bits per heavy atom. The summed E-state index contributed by atoms with van der Waals surface area (Å²) >= 11 is 0. The number of carboxylic acid groups (broad SMARTS) is 1. The lowest BCUT2D eigenvalue weighted by molar-refractivity contribution is 0.0687. The highest BCUT2D eigenvalue weighted by molar-refractivity contribution is 5.95. The molecule has 5 nitrogen and oxygen atoms in total. The standard InChI is InChI=1S/C18H28O5/c1-3-5-6-7-8-9-11-23-17-13(10-4-2)12-14(19)16(20)15(17)18(21)22/h12,19-20H,3-11H2,1-2H3,(H,21,22). The van der Waals surface area contributed by atoms with Crippen LogP contribution in [0.25, 0.3) is 0 Å². The molecule has 0 aliphatic carbocycles. The van der Waals surface area contributed by atoms with Crippen LogP contribution in [0.2, 0.25) is 0 Å². The molecule has 1 aromatic carbocycles. The normalized spacial score (nSPS) is 10.7. The molecule has 0 atom stereocenters. The van der Waals surface area contributed by atoms with E-state index in [-0.39, 0.29) is 11.3 Å². The van der Waals surface area contributed by atoms with Crippen LogP contribution >= 0.6 is 0 Å². The summed E-state index contributed by atoms with van der Waals surface area (Å²) in [6.07, 6.45) is 8.04. The number of carbonyl (C=O) groups is 1. The Balaban J connectivity index is 2.78. The number of aromatic carboxylic acids is 1. The molecule has 0 amide bonds. The van der Waals surface area contributed by atoms with Crippen molar-refractivity contribution in [1.29, 1.82) is 0 Å². The molecule has 0 saturated heterocycles. The van der Waals surface area contributed by atoms with Crippen molar-refractivity contribution in [2.75, 3.05) is 6.61 Å². The molecule has 1 aromatic rings. The van der Waals surface area contributed by atoms with E-state index in [1.54, 1.807) is 0 Å². The van der Waals surface area contributed by atoms with E-state index in [1.165, 1.54) is 25.3 Å². The summed E-state index contributed by atoms with van der Waals surface area (Å²) < 4.78 is 5.67. The van der Waals surface area contributed by atoms with Gasteiger partial charge in [-0.15, -0.1) is 0 Å². The smallest absolute Gasteiger partial charge is 0.343 e. The highest BCUT2D eigenvalue weighted by atomic mass is 16.5. The van der Waals surface area contributed by atoms with Gasteiger partial charge in [-0.25, -0.2) is 4.79 Å². The molecular weight excluding hydrogens is 296 g/mol. The van der Waals surface area contributed by atoms with Crippen LogP contribution in [0.3, 0.4) is 0 Å². The molecule has 1 rings (SSSR count). The average Bonchev–Trinajstić information content (AvgIpc) is 2.50. The topological polar surface area (TPSA) is 87.0 Å². The first-order valence-electron chi connectivity index (χ1n) is 8.46. The van der Waals surface area contributed by atoms with Crippen LogP contribution in [0.4, 0.5) is 0 Å². The van der Waals surface area contributed by atoms with E-state index in [0.717, 1.165) is 25.7 Å². The van der Waals surface area contributed by atoms with Gasteiger partial charge in [-0.3, -0.25) is 0 Å². The molecule has 0 heterocycles. The van der Waals surface area contributed by atoms with Crippen molar-refractivity contribution in [3.05, 3.63) is 17.2 Å². The highest BCUT2D eigenvalue weighted by Gasteiger charge is 2.23.